The molecule has 1 heterocycles. The van der Waals surface area contributed by atoms with Crippen molar-refractivity contribution in [2.24, 2.45) is 5.92 Å². The number of aromatic nitrogens is 1. The first kappa shape index (κ1) is 14.7. The van der Waals surface area contributed by atoms with Crippen molar-refractivity contribution in [2.45, 2.75) is 58.7 Å². The fraction of sp³-hybridized carbons (Fsp3) is 0.688. The summed E-state index contributed by atoms with van der Waals surface area (Å²) >= 11 is 0. The molecule has 19 heavy (non-hydrogen) atoms. The molecule has 0 fully saturated rings. The summed E-state index contributed by atoms with van der Waals surface area (Å²) in [6, 6.07) is 2.18. The van der Waals surface area contributed by atoms with Crippen LogP contribution in [0.4, 0.5) is 0 Å². The lowest BCUT2D eigenvalue weighted by Crippen LogP contribution is -2.42. The normalized spacial score (nSPS) is 19.6. The average Bonchev–Trinajstić information content (AvgIpc) is 2.69. The van der Waals surface area contributed by atoms with E-state index in [4.69, 9.17) is 4.43 Å². The summed E-state index contributed by atoms with van der Waals surface area (Å²) in [5.74, 6) is 0.645. The van der Waals surface area contributed by atoms with Gasteiger partial charge in [-0.15, -0.1) is 0 Å². The van der Waals surface area contributed by atoms with Gasteiger partial charge in [0, 0.05) is 18.5 Å². The van der Waals surface area contributed by atoms with Gasteiger partial charge in [0.25, 0.3) is 0 Å². The fourth-order valence-electron chi connectivity index (χ4n) is 2.45. The van der Waals surface area contributed by atoms with E-state index in [0.29, 0.717) is 11.0 Å². The van der Waals surface area contributed by atoms with Gasteiger partial charge in [0.1, 0.15) is 0 Å². The molecule has 0 spiro atoms. The highest BCUT2D eigenvalue weighted by atomic mass is 28.4. The molecule has 0 bridgehead atoms. The molecule has 0 amide bonds. The Morgan fingerprint density at radius 2 is 2.00 bits per heavy atom. The molecule has 2 nitrogen and oxygen atoms in total. The van der Waals surface area contributed by atoms with Crippen LogP contribution in [0, 0.1) is 12.8 Å². The molecule has 1 unspecified atom stereocenters. The van der Waals surface area contributed by atoms with Gasteiger partial charge in [-0.3, -0.25) is 4.98 Å². The van der Waals surface area contributed by atoms with Crippen LogP contribution in [-0.4, -0.2) is 19.9 Å². The zero-order chi connectivity index (χ0) is 14.3. The van der Waals surface area contributed by atoms with Crippen LogP contribution in [0.5, 0.6) is 0 Å². The van der Waals surface area contributed by atoms with E-state index < -0.39 is 8.32 Å². The van der Waals surface area contributed by atoms with Crippen LogP contribution in [0.3, 0.4) is 0 Å². The van der Waals surface area contributed by atoms with Crippen LogP contribution in [0.2, 0.25) is 18.1 Å². The SMILES string of the molecule is Cc1nccc2c1CC(CO[Si](C)(C)C(C)(C)C)C2. The van der Waals surface area contributed by atoms with Crippen molar-refractivity contribution in [1.82, 2.24) is 4.98 Å². The predicted molar refractivity (Wildman–Crippen MR) is 83.0 cm³/mol. The minimum absolute atomic E-state index is 0.302. The van der Waals surface area contributed by atoms with Crippen molar-refractivity contribution < 1.29 is 4.43 Å². The largest absolute Gasteiger partial charge is 0.417 e. The van der Waals surface area contributed by atoms with Gasteiger partial charge in [0.2, 0.25) is 0 Å². The lowest BCUT2D eigenvalue weighted by Gasteiger charge is -2.37. The monoisotopic (exact) mass is 277 g/mol. The average molecular weight is 277 g/mol. The second-order valence-corrected chi connectivity index (χ2v) is 12.2. The number of pyridine rings is 1. The Kier molecular flexibility index (Phi) is 3.89. The van der Waals surface area contributed by atoms with E-state index in [1.165, 1.54) is 16.8 Å². The molecule has 0 aliphatic heterocycles. The topological polar surface area (TPSA) is 22.1 Å². The molecule has 0 saturated heterocycles. The molecule has 0 N–H and O–H groups in total. The van der Waals surface area contributed by atoms with Gasteiger partial charge >= 0.3 is 0 Å². The van der Waals surface area contributed by atoms with Gasteiger partial charge in [-0.2, -0.15) is 0 Å². The van der Waals surface area contributed by atoms with Crippen LogP contribution >= 0.6 is 0 Å². The van der Waals surface area contributed by atoms with E-state index in [0.717, 1.165) is 19.4 Å². The number of fused-ring (bicyclic) bond motifs is 1. The van der Waals surface area contributed by atoms with Crippen molar-refractivity contribution in [3.8, 4) is 0 Å². The molecule has 0 aromatic carbocycles. The highest BCUT2D eigenvalue weighted by molar-refractivity contribution is 6.74. The summed E-state index contributed by atoms with van der Waals surface area (Å²) < 4.78 is 6.37. The summed E-state index contributed by atoms with van der Waals surface area (Å²) in [4.78, 5) is 4.40. The minimum atomic E-state index is -1.60. The summed E-state index contributed by atoms with van der Waals surface area (Å²) in [6.45, 7) is 14.6. The lowest BCUT2D eigenvalue weighted by atomic mass is 10.1. The third-order valence-electron chi connectivity index (χ3n) is 4.86. The Morgan fingerprint density at radius 3 is 2.58 bits per heavy atom. The Balaban J connectivity index is 1.97. The zero-order valence-electron chi connectivity index (χ0n) is 13.2. The molecule has 1 aliphatic carbocycles. The first-order chi connectivity index (χ1) is 8.71. The molecule has 106 valence electrons. The van der Waals surface area contributed by atoms with Gasteiger partial charge in [-0.05, 0) is 61.0 Å². The zero-order valence-corrected chi connectivity index (χ0v) is 14.2. The third kappa shape index (κ3) is 3.08. The maximum atomic E-state index is 6.37. The van der Waals surface area contributed by atoms with Crippen LogP contribution in [0.1, 0.15) is 37.6 Å². The van der Waals surface area contributed by atoms with E-state index in [2.05, 4.69) is 51.8 Å². The smallest absolute Gasteiger partial charge is 0.191 e. The Labute approximate surface area is 118 Å². The second kappa shape index (κ2) is 5.02. The van der Waals surface area contributed by atoms with E-state index in [9.17, 15) is 0 Å². The number of hydrogen-bond acceptors (Lipinski definition) is 2. The number of nitrogens with zero attached hydrogens (tertiary/aromatic N) is 1. The Hall–Kier alpha value is -0.673. The van der Waals surface area contributed by atoms with E-state index in [-0.39, 0.29) is 0 Å². The highest BCUT2D eigenvalue weighted by Gasteiger charge is 2.38. The Morgan fingerprint density at radius 1 is 1.32 bits per heavy atom. The van der Waals surface area contributed by atoms with Gasteiger partial charge in [-0.1, -0.05) is 20.8 Å². The van der Waals surface area contributed by atoms with Crippen LogP contribution in [0.15, 0.2) is 12.3 Å². The third-order valence-corrected chi connectivity index (χ3v) is 9.36. The molecule has 1 aromatic heterocycles. The summed E-state index contributed by atoms with van der Waals surface area (Å²) in [5, 5.41) is 0.302. The van der Waals surface area contributed by atoms with Crippen molar-refractivity contribution in [3.05, 3.63) is 29.1 Å². The van der Waals surface area contributed by atoms with E-state index in [1.54, 1.807) is 0 Å². The number of hydrogen-bond donors (Lipinski definition) is 0. The number of rotatable bonds is 3. The summed E-state index contributed by atoms with van der Waals surface area (Å²) in [6.07, 6.45) is 4.24. The van der Waals surface area contributed by atoms with Crippen LogP contribution in [0.25, 0.3) is 0 Å². The van der Waals surface area contributed by atoms with Crippen molar-refractivity contribution in [2.75, 3.05) is 6.61 Å². The van der Waals surface area contributed by atoms with E-state index >= 15 is 0 Å². The van der Waals surface area contributed by atoms with Crippen molar-refractivity contribution in [1.29, 1.82) is 0 Å². The number of aryl methyl sites for hydroxylation is 1. The second-order valence-electron chi connectivity index (χ2n) is 7.38. The van der Waals surface area contributed by atoms with Gasteiger partial charge in [0.15, 0.2) is 8.32 Å². The lowest BCUT2D eigenvalue weighted by molar-refractivity contribution is 0.232. The Bertz CT molecular complexity index is 462. The molecule has 1 aromatic rings. The van der Waals surface area contributed by atoms with Gasteiger partial charge in [-0.25, -0.2) is 0 Å². The van der Waals surface area contributed by atoms with Crippen LogP contribution in [-0.2, 0) is 17.3 Å². The molecule has 1 aliphatic rings. The standard InChI is InChI=1S/C16H27NOSi/c1-12-15-10-13(9-14(15)7-8-17-12)11-18-19(5,6)16(2,3)4/h7-8,13H,9-11H2,1-6H3. The molecule has 0 saturated carbocycles. The predicted octanol–water partition coefficient (Wildman–Crippen LogP) is 4.13. The summed E-state index contributed by atoms with van der Waals surface area (Å²) in [7, 11) is -1.60. The van der Waals surface area contributed by atoms with Crippen molar-refractivity contribution >= 4 is 8.32 Å². The molecule has 0 radical (unpaired) electrons. The van der Waals surface area contributed by atoms with Gasteiger partial charge < -0.3 is 4.43 Å². The first-order valence-electron chi connectivity index (χ1n) is 7.28. The highest BCUT2D eigenvalue weighted by Crippen LogP contribution is 2.37. The van der Waals surface area contributed by atoms with Crippen molar-refractivity contribution in [3.63, 3.8) is 0 Å². The molecular formula is C16H27NOSi. The molecule has 3 heteroatoms. The fourth-order valence-corrected chi connectivity index (χ4v) is 3.54. The first-order valence-corrected chi connectivity index (χ1v) is 10.2. The quantitative estimate of drug-likeness (QED) is 0.775. The summed E-state index contributed by atoms with van der Waals surface area (Å²) in [5.41, 5.74) is 4.15. The van der Waals surface area contributed by atoms with E-state index in [1.807, 2.05) is 6.20 Å². The maximum Gasteiger partial charge on any atom is 0.191 e. The van der Waals surface area contributed by atoms with Crippen LogP contribution < -0.4 is 0 Å². The molecular weight excluding hydrogens is 250 g/mol. The minimum Gasteiger partial charge on any atom is -0.417 e. The molecule has 2 rings (SSSR count). The van der Waals surface area contributed by atoms with Gasteiger partial charge in [0.05, 0.1) is 0 Å². The maximum absolute atomic E-state index is 6.37. The molecule has 1 atom stereocenters.